The first-order valence-corrected chi connectivity index (χ1v) is 11.0. The zero-order valence-corrected chi connectivity index (χ0v) is 19.2. The normalized spacial score (nSPS) is 18.6. The number of carbonyl (C=O) groups is 1. The topological polar surface area (TPSA) is 102 Å². The molecule has 3 N–H and O–H groups in total. The minimum Gasteiger partial charge on any atom is -0.477 e. The molecule has 9 heteroatoms. The molecule has 1 fully saturated rings. The number of pyridine rings is 2. The minimum atomic E-state index is -1.24. The van der Waals surface area contributed by atoms with Gasteiger partial charge in [0.05, 0.1) is 17.1 Å². The van der Waals surface area contributed by atoms with Crippen LogP contribution in [0.4, 0.5) is 0 Å². The zero-order chi connectivity index (χ0) is 21.1. The van der Waals surface area contributed by atoms with Crippen molar-refractivity contribution in [2.45, 2.75) is 31.8 Å². The van der Waals surface area contributed by atoms with Crippen LogP contribution in [0.1, 0.15) is 41.9 Å². The fourth-order valence-electron chi connectivity index (χ4n) is 3.99. The van der Waals surface area contributed by atoms with Gasteiger partial charge < -0.3 is 20.3 Å². The number of hydrogen-bond acceptors (Lipinski definition) is 6. The van der Waals surface area contributed by atoms with Crippen molar-refractivity contribution in [1.82, 2.24) is 25.1 Å². The number of nitrogens with zero attached hydrogens (tertiary/aromatic N) is 3. The predicted molar refractivity (Wildman–Crippen MR) is 122 cm³/mol. The van der Waals surface area contributed by atoms with Gasteiger partial charge in [0, 0.05) is 28.9 Å². The van der Waals surface area contributed by atoms with Crippen molar-refractivity contribution in [1.29, 1.82) is 0 Å². The molecule has 0 aliphatic carbocycles. The number of carboxylic acid groups (broad SMARTS) is 1. The third-order valence-corrected chi connectivity index (χ3v) is 6.36. The monoisotopic (exact) mass is 513 g/mol. The lowest BCUT2D eigenvalue weighted by atomic mass is 10.0. The maximum Gasteiger partial charge on any atom is 0.341 e. The molecule has 1 aliphatic rings. The summed E-state index contributed by atoms with van der Waals surface area (Å²) in [5, 5.41) is 13.2. The van der Waals surface area contributed by atoms with E-state index in [1.54, 1.807) is 6.07 Å². The molecule has 0 spiro atoms. The number of nitrogens with one attached hydrogen (secondary N) is 2. The maximum absolute atomic E-state index is 12.5. The van der Waals surface area contributed by atoms with Crippen LogP contribution in [0.5, 0.6) is 0 Å². The highest BCUT2D eigenvalue weighted by atomic mass is 127. The van der Waals surface area contributed by atoms with Crippen LogP contribution < -0.4 is 10.7 Å². The van der Waals surface area contributed by atoms with E-state index in [2.05, 4.69) is 49.6 Å². The fraction of sp³-hybridized carbons (Fsp3) is 0.550. The number of likely N-dealkylation sites (tertiary alicyclic amines) is 1. The number of halogens is 1. The van der Waals surface area contributed by atoms with Crippen LogP contribution in [0, 0.1) is 3.57 Å². The van der Waals surface area contributed by atoms with E-state index in [1.165, 1.54) is 6.20 Å². The van der Waals surface area contributed by atoms with Crippen molar-refractivity contribution in [3.63, 3.8) is 0 Å². The van der Waals surface area contributed by atoms with E-state index in [-0.39, 0.29) is 11.6 Å². The summed E-state index contributed by atoms with van der Waals surface area (Å²) in [4.78, 5) is 36.1. The summed E-state index contributed by atoms with van der Waals surface area (Å²) in [6.45, 7) is 5.99. The van der Waals surface area contributed by atoms with Crippen LogP contribution in [0.25, 0.3) is 11.0 Å². The Morgan fingerprint density at radius 1 is 1.52 bits per heavy atom. The average molecular weight is 513 g/mol. The van der Waals surface area contributed by atoms with Gasteiger partial charge >= 0.3 is 5.97 Å². The molecular formula is C20H28IN5O3. The van der Waals surface area contributed by atoms with Crippen molar-refractivity contribution < 1.29 is 9.90 Å². The summed E-state index contributed by atoms with van der Waals surface area (Å²) < 4.78 is 0.869. The first-order valence-electron chi connectivity index (χ1n) is 9.90. The van der Waals surface area contributed by atoms with E-state index in [9.17, 15) is 14.7 Å². The second kappa shape index (κ2) is 9.50. The van der Waals surface area contributed by atoms with Crippen LogP contribution >= 0.6 is 22.6 Å². The van der Waals surface area contributed by atoms with Crippen molar-refractivity contribution in [2.24, 2.45) is 0 Å². The van der Waals surface area contributed by atoms with Crippen LogP contribution in [0.2, 0.25) is 0 Å². The Bertz CT molecular complexity index is 946. The predicted octanol–water partition coefficient (Wildman–Crippen LogP) is 1.90. The molecule has 0 radical (unpaired) electrons. The van der Waals surface area contributed by atoms with Crippen LogP contribution in [-0.2, 0) is 0 Å². The molecule has 29 heavy (non-hydrogen) atoms. The van der Waals surface area contributed by atoms with Crippen molar-refractivity contribution in [3.8, 4) is 0 Å². The van der Waals surface area contributed by atoms with Crippen LogP contribution in [0.3, 0.4) is 0 Å². The van der Waals surface area contributed by atoms with Gasteiger partial charge in [0.1, 0.15) is 11.2 Å². The smallest absolute Gasteiger partial charge is 0.341 e. The third-order valence-electron chi connectivity index (χ3n) is 5.50. The van der Waals surface area contributed by atoms with E-state index in [1.807, 2.05) is 14.1 Å². The Morgan fingerprint density at radius 3 is 2.93 bits per heavy atom. The summed E-state index contributed by atoms with van der Waals surface area (Å²) in [6.07, 6.45) is 3.49. The van der Waals surface area contributed by atoms with E-state index >= 15 is 0 Å². The number of aromatic carboxylic acids is 1. The molecule has 0 amide bonds. The standard InChI is InChI=1S/C20H28IN5O3/c1-4-26-8-5-6-15(26)17(22-7-9-25(2)3)16-14(21)10-12-18(27)13(20(28)29)11-23-19(12)24-16/h10-11,15,17,22H,4-9H2,1-3H3,(H,28,29)(H,23,24,27). The Labute approximate surface area is 183 Å². The molecule has 2 unspecified atom stereocenters. The molecule has 2 atom stereocenters. The van der Waals surface area contributed by atoms with Gasteiger partial charge in [-0.3, -0.25) is 9.69 Å². The van der Waals surface area contributed by atoms with Gasteiger partial charge in [-0.05, 0) is 68.7 Å². The third kappa shape index (κ3) is 4.79. The van der Waals surface area contributed by atoms with E-state index in [0.29, 0.717) is 17.1 Å². The second-order valence-electron chi connectivity index (χ2n) is 7.66. The number of fused-ring (bicyclic) bond motifs is 1. The maximum atomic E-state index is 12.5. The summed E-state index contributed by atoms with van der Waals surface area (Å²) in [7, 11) is 4.10. The quantitative estimate of drug-likeness (QED) is 0.464. The van der Waals surface area contributed by atoms with Gasteiger partial charge in [-0.1, -0.05) is 6.92 Å². The molecule has 1 saturated heterocycles. The largest absolute Gasteiger partial charge is 0.477 e. The molecule has 1 aliphatic heterocycles. The Morgan fingerprint density at radius 2 is 2.28 bits per heavy atom. The lowest BCUT2D eigenvalue weighted by molar-refractivity contribution is 0.0695. The van der Waals surface area contributed by atoms with Crippen LogP contribution in [0.15, 0.2) is 17.1 Å². The molecule has 3 heterocycles. The number of carboxylic acids is 1. The van der Waals surface area contributed by atoms with Gasteiger partial charge in [-0.25, -0.2) is 9.78 Å². The average Bonchev–Trinajstić information content (AvgIpc) is 3.14. The minimum absolute atomic E-state index is 0.0383. The van der Waals surface area contributed by atoms with Crippen molar-refractivity contribution in [3.05, 3.63) is 37.3 Å². The molecule has 2 aromatic rings. The van der Waals surface area contributed by atoms with Crippen LogP contribution in [-0.4, -0.2) is 77.2 Å². The highest BCUT2D eigenvalue weighted by Crippen LogP contribution is 2.31. The van der Waals surface area contributed by atoms with Gasteiger partial charge in [0.25, 0.3) is 0 Å². The van der Waals surface area contributed by atoms with Crippen molar-refractivity contribution >= 4 is 39.6 Å². The molecule has 0 saturated carbocycles. The molecule has 3 rings (SSSR count). The number of hydrogen-bond donors (Lipinski definition) is 3. The summed E-state index contributed by atoms with van der Waals surface area (Å²) in [5.74, 6) is -1.24. The number of rotatable bonds is 8. The van der Waals surface area contributed by atoms with E-state index < -0.39 is 11.4 Å². The molecule has 158 valence electrons. The first kappa shape index (κ1) is 22.1. The molecule has 0 bridgehead atoms. The lowest BCUT2D eigenvalue weighted by Gasteiger charge is -2.32. The molecule has 2 aromatic heterocycles. The van der Waals surface area contributed by atoms with Gasteiger partial charge in [0.2, 0.25) is 5.43 Å². The highest BCUT2D eigenvalue weighted by Gasteiger charge is 2.33. The molecule has 0 aromatic carbocycles. The first-order chi connectivity index (χ1) is 13.8. The zero-order valence-electron chi connectivity index (χ0n) is 17.0. The SMILES string of the molecule is CCN1CCCC1C(NCCN(C)C)c1nc2[nH]cc(C(=O)O)c(=O)c2cc1I. The second-order valence-corrected chi connectivity index (χ2v) is 8.82. The number of aromatic nitrogens is 2. The van der Waals surface area contributed by atoms with Gasteiger partial charge in [0.15, 0.2) is 0 Å². The van der Waals surface area contributed by atoms with E-state index in [0.717, 1.165) is 48.3 Å². The molecular weight excluding hydrogens is 485 g/mol. The number of aromatic amines is 1. The van der Waals surface area contributed by atoms with Gasteiger partial charge in [-0.2, -0.15) is 0 Å². The Hall–Kier alpha value is -1.56. The van der Waals surface area contributed by atoms with Gasteiger partial charge in [-0.15, -0.1) is 0 Å². The Kier molecular flexibility index (Phi) is 7.25. The van der Waals surface area contributed by atoms with E-state index in [4.69, 9.17) is 4.98 Å². The summed E-state index contributed by atoms with van der Waals surface area (Å²) in [5.41, 5.74) is 0.560. The molecule has 8 nitrogen and oxygen atoms in total. The highest BCUT2D eigenvalue weighted by molar-refractivity contribution is 14.1. The lowest BCUT2D eigenvalue weighted by Crippen LogP contribution is -2.43. The Balaban J connectivity index is 2.04. The van der Waals surface area contributed by atoms with Crippen molar-refractivity contribution in [2.75, 3.05) is 40.3 Å². The number of H-pyrrole nitrogens is 1. The fourth-order valence-corrected chi connectivity index (χ4v) is 4.76. The summed E-state index contributed by atoms with van der Waals surface area (Å²) in [6, 6.07) is 2.14. The number of likely N-dealkylation sites (N-methyl/N-ethyl adjacent to an activating group) is 2. The summed E-state index contributed by atoms with van der Waals surface area (Å²) >= 11 is 2.21.